The average molecular weight is 239 g/mol. The molecule has 0 N–H and O–H groups in total. The van der Waals surface area contributed by atoms with E-state index in [1.165, 1.54) is 24.2 Å². The first-order valence-electron chi connectivity index (χ1n) is 6.84. The SMILES string of the molecule is CC(C)CCCC(C)CCN1C(=O)CCC1=O. The van der Waals surface area contributed by atoms with Gasteiger partial charge in [-0.1, -0.05) is 40.0 Å². The van der Waals surface area contributed by atoms with Gasteiger partial charge < -0.3 is 0 Å². The highest BCUT2D eigenvalue weighted by Crippen LogP contribution is 2.18. The van der Waals surface area contributed by atoms with E-state index in [1.807, 2.05) is 0 Å². The third kappa shape index (κ3) is 4.88. The Kier molecular flexibility index (Phi) is 5.66. The molecule has 1 aliphatic heterocycles. The van der Waals surface area contributed by atoms with Crippen molar-refractivity contribution in [2.75, 3.05) is 6.54 Å². The second-order valence-corrected chi connectivity index (χ2v) is 5.66. The van der Waals surface area contributed by atoms with Gasteiger partial charge in [0.15, 0.2) is 0 Å². The van der Waals surface area contributed by atoms with Crippen LogP contribution in [0.4, 0.5) is 0 Å². The molecule has 3 nitrogen and oxygen atoms in total. The number of hydrogen-bond acceptors (Lipinski definition) is 2. The molecule has 0 aromatic heterocycles. The Bertz CT molecular complexity index is 257. The van der Waals surface area contributed by atoms with Crippen LogP contribution in [-0.4, -0.2) is 23.3 Å². The van der Waals surface area contributed by atoms with E-state index < -0.39 is 0 Å². The van der Waals surface area contributed by atoms with Crippen LogP contribution in [0.5, 0.6) is 0 Å². The van der Waals surface area contributed by atoms with Gasteiger partial charge in [-0.2, -0.15) is 0 Å². The maximum Gasteiger partial charge on any atom is 0.229 e. The quantitative estimate of drug-likeness (QED) is 0.640. The zero-order valence-electron chi connectivity index (χ0n) is 11.4. The molecule has 0 aromatic rings. The highest BCUT2D eigenvalue weighted by molar-refractivity contribution is 6.01. The summed E-state index contributed by atoms with van der Waals surface area (Å²) in [5.41, 5.74) is 0. The molecule has 1 atom stereocenters. The lowest BCUT2D eigenvalue weighted by Crippen LogP contribution is -2.30. The summed E-state index contributed by atoms with van der Waals surface area (Å²) in [5, 5.41) is 0. The number of hydrogen-bond donors (Lipinski definition) is 0. The molecule has 1 saturated heterocycles. The van der Waals surface area contributed by atoms with E-state index in [4.69, 9.17) is 0 Å². The summed E-state index contributed by atoms with van der Waals surface area (Å²) in [6.45, 7) is 7.32. The van der Waals surface area contributed by atoms with Gasteiger partial charge in [0.25, 0.3) is 0 Å². The zero-order chi connectivity index (χ0) is 12.8. The van der Waals surface area contributed by atoms with Gasteiger partial charge in [-0.3, -0.25) is 14.5 Å². The summed E-state index contributed by atoms with van der Waals surface area (Å²) >= 11 is 0. The van der Waals surface area contributed by atoms with Crippen molar-refractivity contribution in [1.29, 1.82) is 0 Å². The lowest BCUT2D eigenvalue weighted by Gasteiger charge is -2.17. The molecule has 0 aromatic carbocycles. The number of carbonyl (C=O) groups excluding carboxylic acids is 2. The predicted octanol–water partition coefficient (Wildman–Crippen LogP) is 2.99. The van der Waals surface area contributed by atoms with Gasteiger partial charge in [-0.25, -0.2) is 0 Å². The van der Waals surface area contributed by atoms with Gasteiger partial charge in [0, 0.05) is 19.4 Å². The van der Waals surface area contributed by atoms with Crippen molar-refractivity contribution in [3.05, 3.63) is 0 Å². The molecule has 2 amide bonds. The van der Waals surface area contributed by atoms with E-state index >= 15 is 0 Å². The molecule has 1 heterocycles. The van der Waals surface area contributed by atoms with Crippen LogP contribution < -0.4 is 0 Å². The first-order valence-corrected chi connectivity index (χ1v) is 6.84. The molecule has 98 valence electrons. The van der Waals surface area contributed by atoms with Crippen LogP contribution in [0, 0.1) is 11.8 Å². The summed E-state index contributed by atoms with van der Waals surface area (Å²) < 4.78 is 0. The molecule has 3 heteroatoms. The maximum atomic E-state index is 11.4. The van der Waals surface area contributed by atoms with Crippen molar-refractivity contribution in [1.82, 2.24) is 4.90 Å². The lowest BCUT2D eigenvalue weighted by molar-refractivity contribution is -0.138. The van der Waals surface area contributed by atoms with Gasteiger partial charge in [0.1, 0.15) is 0 Å². The van der Waals surface area contributed by atoms with Crippen LogP contribution in [0.25, 0.3) is 0 Å². The normalized spacial score (nSPS) is 18.2. The Morgan fingerprint density at radius 3 is 2.12 bits per heavy atom. The third-order valence-electron chi connectivity index (χ3n) is 3.48. The van der Waals surface area contributed by atoms with E-state index in [0.29, 0.717) is 25.3 Å². The minimum Gasteiger partial charge on any atom is -0.283 e. The number of likely N-dealkylation sites (tertiary alicyclic amines) is 1. The Labute approximate surface area is 105 Å². The van der Waals surface area contributed by atoms with E-state index in [9.17, 15) is 9.59 Å². The Balaban J connectivity index is 2.17. The predicted molar refractivity (Wildman–Crippen MR) is 68.4 cm³/mol. The molecular formula is C14H25NO2. The maximum absolute atomic E-state index is 11.4. The van der Waals surface area contributed by atoms with Crippen molar-refractivity contribution in [3.8, 4) is 0 Å². The number of imide groups is 1. The molecule has 0 spiro atoms. The highest BCUT2D eigenvalue weighted by Gasteiger charge is 2.28. The van der Waals surface area contributed by atoms with Crippen molar-refractivity contribution >= 4 is 11.8 Å². The molecule has 1 aliphatic rings. The monoisotopic (exact) mass is 239 g/mol. The van der Waals surface area contributed by atoms with E-state index in [2.05, 4.69) is 20.8 Å². The first-order chi connectivity index (χ1) is 8.00. The molecule has 1 rings (SSSR count). The Morgan fingerprint density at radius 2 is 1.59 bits per heavy atom. The molecular weight excluding hydrogens is 214 g/mol. The van der Waals surface area contributed by atoms with Gasteiger partial charge in [0.05, 0.1) is 0 Å². The second kappa shape index (κ2) is 6.77. The van der Waals surface area contributed by atoms with Gasteiger partial charge >= 0.3 is 0 Å². The lowest BCUT2D eigenvalue weighted by atomic mass is 9.97. The van der Waals surface area contributed by atoms with Crippen LogP contribution in [-0.2, 0) is 9.59 Å². The average Bonchev–Trinajstić information content (AvgIpc) is 2.55. The summed E-state index contributed by atoms with van der Waals surface area (Å²) in [6.07, 6.45) is 5.51. The standard InChI is InChI=1S/C14H25NO2/c1-11(2)5-4-6-12(3)9-10-15-13(16)7-8-14(15)17/h11-12H,4-10H2,1-3H3. The van der Waals surface area contributed by atoms with Crippen molar-refractivity contribution in [2.45, 2.75) is 59.3 Å². The second-order valence-electron chi connectivity index (χ2n) is 5.66. The molecule has 1 unspecified atom stereocenters. The van der Waals surface area contributed by atoms with Gasteiger partial charge in [-0.05, 0) is 18.3 Å². The topological polar surface area (TPSA) is 37.4 Å². The third-order valence-corrected chi connectivity index (χ3v) is 3.48. The summed E-state index contributed by atoms with van der Waals surface area (Å²) in [4.78, 5) is 24.3. The van der Waals surface area contributed by atoms with Crippen LogP contribution in [0.15, 0.2) is 0 Å². The molecule has 0 saturated carbocycles. The van der Waals surface area contributed by atoms with Crippen LogP contribution in [0.3, 0.4) is 0 Å². The van der Waals surface area contributed by atoms with Crippen LogP contribution in [0.2, 0.25) is 0 Å². The molecule has 1 fully saturated rings. The van der Waals surface area contributed by atoms with E-state index in [0.717, 1.165) is 12.3 Å². The number of nitrogens with zero attached hydrogens (tertiary/aromatic N) is 1. The van der Waals surface area contributed by atoms with E-state index in [-0.39, 0.29) is 11.8 Å². The van der Waals surface area contributed by atoms with E-state index in [1.54, 1.807) is 0 Å². The van der Waals surface area contributed by atoms with Gasteiger partial charge in [-0.15, -0.1) is 0 Å². The number of amides is 2. The van der Waals surface area contributed by atoms with Crippen molar-refractivity contribution in [2.24, 2.45) is 11.8 Å². The minimum atomic E-state index is 0.0179. The molecule has 0 bridgehead atoms. The zero-order valence-corrected chi connectivity index (χ0v) is 11.4. The Morgan fingerprint density at radius 1 is 1.00 bits per heavy atom. The minimum absolute atomic E-state index is 0.0179. The summed E-state index contributed by atoms with van der Waals surface area (Å²) in [6, 6.07) is 0. The van der Waals surface area contributed by atoms with Crippen LogP contribution >= 0.6 is 0 Å². The van der Waals surface area contributed by atoms with Gasteiger partial charge in [0.2, 0.25) is 11.8 Å². The summed E-state index contributed by atoms with van der Waals surface area (Å²) in [7, 11) is 0. The largest absolute Gasteiger partial charge is 0.283 e. The van der Waals surface area contributed by atoms with Crippen molar-refractivity contribution in [3.63, 3.8) is 0 Å². The number of carbonyl (C=O) groups is 2. The highest BCUT2D eigenvalue weighted by atomic mass is 16.2. The first kappa shape index (κ1) is 14.2. The number of rotatable bonds is 7. The molecule has 0 aliphatic carbocycles. The summed E-state index contributed by atoms with van der Waals surface area (Å²) in [5.74, 6) is 1.41. The van der Waals surface area contributed by atoms with Crippen LogP contribution in [0.1, 0.15) is 59.3 Å². The fraction of sp³-hybridized carbons (Fsp3) is 0.857. The fourth-order valence-corrected chi connectivity index (χ4v) is 2.24. The van der Waals surface area contributed by atoms with Crippen molar-refractivity contribution < 1.29 is 9.59 Å². The molecule has 0 radical (unpaired) electrons. The fourth-order valence-electron chi connectivity index (χ4n) is 2.24. The Hall–Kier alpha value is -0.860. The smallest absolute Gasteiger partial charge is 0.229 e. The molecule has 17 heavy (non-hydrogen) atoms.